The molecule has 0 saturated carbocycles. The third-order valence-corrected chi connectivity index (χ3v) is 3.83. The number of nitrogens with zero attached hydrogens (tertiary/aromatic N) is 1. The van der Waals surface area contributed by atoms with Crippen LogP contribution in [-0.2, 0) is 6.54 Å². The number of rotatable bonds is 4. The second-order valence-corrected chi connectivity index (χ2v) is 5.15. The molecule has 1 fully saturated rings. The minimum Gasteiger partial charge on any atom is -0.496 e. The van der Waals surface area contributed by atoms with Crippen molar-refractivity contribution in [3.63, 3.8) is 0 Å². The first-order chi connectivity index (χ1) is 8.72. The van der Waals surface area contributed by atoms with Gasteiger partial charge < -0.3 is 10.1 Å². The number of hydrogen-bond acceptors (Lipinski definition) is 3. The molecule has 0 bridgehead atoms. The molecule has 0 aromatic heterocycles. The molecule has 0 unspecified atom stereocenters. The van der Waals surface area contributed by atoms with Gasteiger partial charge in [0, 0.05) is 18.2 Å². The summed E-state index contributed by atoms with van der Waals surface area (Å²) in [6, 6.07) is 7.12. The fourth-order valence-corrected chi connectivity index (χ4v) is 2.65. The van der Waals surface area contributed by atoms with E-state index in [0.29, 0.717) is 6.04 Å². The number of likely N-dealkylation sites (tertiary alicyclic amines) is 1. The minimum absolute atomic E-state index is 0. The molecule has 1 heterocycles. The minimum atomic E-state index is 0. The topological polar surface area (TPSA) is 24.5 Å². The van der Waals surface area contributed by atoms with E-state index in [1.54, 1.807) is 7.11 Å². The average molecular weight is 285 g/mol. The number of aryl methyl sites for hydroxylation is 1. The van der Waals surface area contributed by atoms with Gasteiger partial charge in [0.05, 0.1) is 7.11 Å². The van der Waals surface area contributed by atoms with E-state index < -0.39 is 0 Å². The van der Waals surface area contributed by atoms with Gasteiger partial charge in [0.2, 0.25) is 0 Å². The van der Waals surface area contributed by atoms with Crippen LogP contribution in [0, 0.1) is 6.92 Å². The molecule has 4 heteroatoms. The SMILES string of the molecule is CNC1CCN(Cc2cc(C)ccc2OC)CC1.Cl. The maximum atomic E-state index is 5.45. The van der Waals surface area contributed by atoms with Gasteiger partial charge in [-0.15, -0.1) is 12.4 Å². The van der Waals surface area contributed by atoms with Crippen molar-refractivity contribution >= 4 is 12.4 Å². The van der Waals surface area contributed by atoms with Gasteiger partial charge in [0.25, 0.3) is 0 Å². The van der Waals surface area contributed by atoms with E-state index in [2.05, 4.69) is 42.4 Å². The molecule has 0 spiro atoms. The fourth-order valence-electron chi connectivity index (χ4n) is 2.65. The van der Waals surface area contributed by atoms with Crippen molar-refractivity contribution in [1.29, 1.82) is 0 Å². The average Bonchev–Trinajstić information content (AvgIpc) is 2.40. The molecule has 1 saturated heterocycles. The number of piperidine rings is 1. The van der Waals surface area contributed by atoms with Crippen LogP contribution in [0.1, 0.15) is 24.0 Å². The van der Waals surface area contributed by atoms with Gasteiger partial charge in [-0.1, -0.05) is 17.7 Å². The van der Waals surface area contributed by atoms with E-state index in [9.17, 15) is 0 Å². The van der Waals surface area contributed by atoms with Crippen LogP contribution >= 0.6 is 12.4 Å². The monoisotopic (exact) mass is 284 g/mol. The van der Waals surface area contributed by atoms with Gasteiger partial charge in [0.15, 0.2) is 0 Å². The van der Waals surface area contributed by atoms with Gasteiger partial charge >= 0.3 is 0 Å². The smallest absolute Gasteiger partial charge is 0.123 e. The zero-order valence-electron chi connectivity index (χ0n) is 12.1. The van der Waals surface area contributed by atoms with Crippen molar-refractivity contribution in [2.75, 3.05) is 27.2 Å². The highest BCUT2D eigenvalue weighted by Crippen LogP contribution is 2.23. The second-order valence-electron chi connectivity index (χ2n) is 5.15. The molecule has 1 aliphatic rings. The first-order valence-electron chi connectivity index (χ1n) is 6.76. The Balaban J connectivity index is 0.00000180. The van der Waals surface area contributed by atoms with E-state index in [1.165, 1.54) is 37.1 Å². The molecular formula is C15H25ClN2O. The Bertz CT molecular complexity index is 390. The van der Waals surface area contributed by atoms with Crippen molar-refractivity contribution < 1.29 is 4.74 Å². The molecule has 1 aromatic carbocycles. The lowest BCUT2D eigenvalue weighted by Crippen LogP contribution is -2.40. The largest absolute Gasteiger partial charge is 0.496 e. The van der Waals surface area contributed by atoms with E-state index in [0.717, 1.165) is 12.3 Å². The Labute approximate surface area is 122 Å². The maximum Gasteiger partial charge on any atom is 0.123 e. The Morgan fingerprint density at radius 1 is 1.32 bits per heavy atom. The van der Waals surface area contributed by atoms with Crippen LogP contribution in [0.4, 0.5) is 0 Å². The Hall–Kier alpha value is -0.770. The third kappa shape index (κ3) is 4.37. The zero-order valence-corrected chi connectivity index (χ0v) is 12.9. The summed E-state index contributed by atoms with van der Waals surface area (Å²) in [6.45, 7) is 5.47. The van der Waals surface area contributed by atoms with E-state index >= 15 is 0 Å². The van der Waals surface area contributed by atoms with Gasteiger partial charge in [-0.25, -0.2) is 0 Å². The predicted octanol–water partition coefficient (Wildman–Crippen LogP) is 2.61. The number of halogens is 1. The lowest BCUT2D eigenvalue weighted by Gasteiger charge is -2.32. The Morgan fingerprint density at radius 2 is 2.00 bits per heavy atom. The molecule has 0 aliphatic carbocycles. The highest BCUT2D eigenvalue weighted by atomic mass is 35.5. The zero-order chi connectivity index (χ0) is 13.0. The summed E-state index contributed by atoms with van der Waals surface area (Å²) in [5.41, 5.74) is 2.61. The second kappa shape index (κ2) is 7.73. The molecule has 1 N–H and O–H groups in total. The van der Waals surface area contributed by atoms with Crippen LogP contribution in [0.25, 0.3) is 0 Å². The molecule has 1 aliphatic heterocycles. The van der Waals surface area contributed by atoms with E-state index in [4.69, 9.17) is 4.74 Å². The van der Waals surface area contributed by atoms with Crippen molar-refractivity contribution in [2.45, 2.75) is 32.4 Å². The summed E-state index contributed by atoms with van der Waals surface area (Å²) in [5.74, 6) is 1.01. The molecule has 2 rings (SSSR count). The molecule has 0 radical (unpaired) electrons. The number of hydrogen-bond donors (Lipinski definition) is 1. The van der Waals surface area contributed by atoms with Gasteiger partial charge in [-0.3, -0.25) is 4.90 Å². The van der Waals surface area contributed by atoms with Gasteiger partial charge in [-0.2, -0.15) is 0 Å². The quantitative estimate of drug-likeness (QED) is 0.920. The molecule has 108 valence electrons. The first-order valence-corrected chi connectivity index (χ1v) is 6.76. The fraction of sp³-hybridized carbons (Fsp3) is 0.600. The van der Waals surface area contributed by atoms with Crippen LogP contribution < -0.4 is 10.1 Å². The molecule has 0 amide bonds. The van der Waals surface area contributed by atoms with Crippen LogP contribution in [0.3, 0.4) is 0 Å². The highest BCUT2D eigenvalue weighted by Gasteiger charge is 2.18. The molecule has 1 aromatic rings. The summed E-state index contributed by atoms with van der Waals surface area (Å²) >= 11 is 0. The van der Waals surface area contributed by atoms with E-state index in [-0.39, 0.29) is 12.4 Å². The van der Waals surface area contributed by atoms with Gasteiger partial charge in [-0.05, 0) is 46.0 Å². The maximum absolute atomic E-state index is 5.45. The molecule has 19 heavy (non-hydrogen) atoms. The number of benzene rings is 1. The van der Waals surface area contributed by atoms with Crippen molar-refractivity contribution in [3.8, 4) is 5.75 Å². The molecule has 3 nitrogen and oxygen atoms in total. The molecular weight excluding hydrogens is 260 g/mol. The lowest BCUT2D eigenvalue weighted by atomic mass is 10.0. The lowest BCUT2D eigenvalue weighted by molar-refractivity contribution is 0.192. The summed E-state index contributed by atoms with van der Waals surface area (Å²) in [5, 5.41) is 3.37. The van der Waals surface area contributed by atoms with Crippen LogP contribution in [0.2, 0.25) is 0 Å². The summed E-state index contributed by atoms with van der Waals surface area (Å²) in [6.07, 6.45) is 2.48. The van der Waals surface area contributed by atoms with Crippen molar-refractivity contribution in [2.24, 2.45) is 0 Å². The van der Waals surface area contributed by atoms with Crippen LogP contribution in [0.5, 0.6) is 5.75 Å². The number of nitrogens with one attached hydrogen (secondary N) is 1. The Kier molecular flexibility index (Phi) is 6.63. The summed E-state index contributed by atoms with van der Waals surface area (Å²) < 4.78 is 5.45. The first kappa shape index (κ1) is 16.3. The third-order valence-electron chi connectivity index (χ3n) is 3.83. The number of methoxy groups -OCH3 is 1. The van der Waals surface area contributed by atoms with Crippen molar-refractivity contribution in [3.05, 3.63) is 29.3 Å². The van der Waals surface area contributed by atoms with Crippen LogP contribution in [0.15, 0.2) is 18.2 Å². The molecule has 0 atom stereocenters. The predicted molar refractivity (Wildman–Crippen MR) is 82.3 cm³/mol. The summed E-state index contributed by atoms with van der Waals surface area (Å²) in [4.78, 5) is 2.52. The normalized spacial score (nSPS) is 17.0. The highest BCUT2D eigenvalue weighted by molar-refractivity contribution is 5.85. The van der Waals surface area contributed by atoms with Gasteiger partial charge in [0.1, 0.15) is 5.75 Å². The standard InChI is InChI=1S/C15H24N2O.ClH/c1-12-4-5-15(18-3)13(10-12)11-17-8-6-14(16-2)7-9-17;/h4-5,10,14,16H,6-9,11H2,1-3H3;1H. The Morgan fingerprint density at radius 3 is 2.58 bits per heavy atom. The number of ether oxygens (including phenoxy) is 1. The van der Waals surface area contributed by atoms with E-state index in [1.807, 2.05) is 0 Å². The summed E-state index contributed by atoms with van der Waals surface area (Å²) in [7, 11) is 3.81. The van der Waals surface area contributed by atoms with Crippen LogP contribution in [-0.4, -0.2) is 38.2 Å². The van der Waals surface area contributed by atoms with Crippen molar-refractivity contribution in [1.82, 2.24) is 10.2 Å².